The molecule has 0 aromatic carbocycles. The molecule has 66 valence electrons. The molecule has 4 nitrogen and oxygen atoms in total. The molecular weight excluding hydrogens is 201 g/mol. The van der Waals surface area contributed by atoms with E-state index in [4.69, 9.17) is 27.9 Å². The van der Waals surface area contributed by atoms with Crippen molar-refractivity contribution >= 4 is 23.2 Å². The van der Waals surface area contributed by atoms with Crippen LogP contribution in [-0.2, 0) is 4.74 Å². The van der Waals surface area contributed by atoms with Crippen molar-refractivity contribution < 1.29 is 4.74 Å². The van der Waals surface area contributed by atoms with Crippen LogP contribution in [0.25, 0.3) is 0 Å². The largest absolute Gasteiger partial charge is 0.374 e. The van der Waals surface area contributed by atoms with E-state index in [1.165, 1.54) is 0 Å². The number of methoxy groups -OCH3 is 1. The van der Waals surface area contributed by atoms with Gasteiger partial charge in [-0.05, 0) is 30.1 Å². The third kappa shape index (κ3) is 2.27. The fraction of sp³-hybridized carbons (Fsp3) is 0.500. The van der Waals surface area contributed by atoms with Gasteiger partial charge in [0.25, 0.3) is 0 Å². The van der Waals surface area contributed by atoms with Crippen LogP contribution in [0, 0.1) is 0 Å². The Bertz CT molecular complexity index is 261. The monoisotopic (exact) mass is 207 g/mol. The average Bonchev–Trinajstić information content (AvgIpc) is 2.01. The molecule has 1 aromatic rings. The molecule has 1 heterocycles. The van der Waals surface area contributed by atoms with Gasteiger partial charge in [-0.25, -0.2) is 0 Å². The highest BCUT2D eigenvalue weighted by molar-refractivity contribution is 6.30. The molecule has 0 aliphatic carbocycles. The van der Waals surface area contributed by atoms with Crippen molar-refractivity contribution in [2.45, 2.75) is 13.0 Å². The van der Waals surface area contributed by atoms with E-state index in [2.05, 4.69) is 15.0 Å². The van der Waals surface area contributed by atoms with Crippen LogP contribution in [0.4, 0.5) is 0 Å². The van der Waals surface area contributed by atoms with E-state index >= 15 is 0 Å². The summed E-state index contributed by atoms with van der Waals surface area (Å²) in [6, 6.07) is 0. The third-order valence-corrected chi connectivity index (χ3v) is 1.65. The molecule has 0 saturated heterocycles. The first-order chi connectivity index (χ1) is 5.63. The smallest absolute Gasteiger partial charge is 0.227 e. The number of hydrogen-bond acceptors (Lipinski definition) is 4. The fourth-order valence-corrected chi connectivity index (χ4v) is 1.00. The number of hydrogen-bond donors (Lipinski definition) is 0. The van der Waals surface area contributed by atoms with Crippen LogP contribution < -0.4 is 0 Å². The number of ether oxygens (including phenoxy) is 1. The molecule has 1 rings (SSSR count). The Balaban J connectivity index is 3.00. The van der Waals surface area contributed by atoms with Gasteiger partial charge >= 0.3 is 0 Å². The van der Waals surface area contributed by atoms with Crippen molar-refractivity contribution in [2.24, 2.45) is 0 Å². The van der Waals surface area contributed by atoms with Gasteiger partial charge < -0.3 is 4.74 Å². The summed E-state index contributed by atoms with van der Waals surface area (Å²) >= 11 is 11.1. The molecule has 0 N–H and O–H groups in total. The van der Waals surface area contributed by atoms with Crippen LogP contribution in [0.2, 0.25) is 10.6 Å². The minimum atomic E-state index is -0.233. The molecule has 12 heavy (non-hydrogen) atoms. The second kappa shape index (κ2) is 3.98. The van der Waals surface area contributed by atoms with Crippen molar-refractivity contribution in [1.82, 2.24) is 15.0 Å². The highest BCUT2D eigenvalue weighted by Crippen LogP contribution is 2.14. The maximum atomic E-state index is 5.55. The van der Waals surface area contributed by atoms with E-state index in [-0.39, 0.29) is 16.7 Å². The second-order valence-corrected chi connectivity index (χ2v) is 2.79. The topological polar surface area (TPSA) is 47.9 Å². The highest BCUT2D eigenvalue weighted by atomic mass is 35.5. The Morgan fingerprint density at radius 3 is 2.08 bits per heavy atom. The lowest BCUT2D eigenvalue weighted by molar-refractivity contribution is 0.112. The third-order valence-electron chi connectivity index (χ3n) is 1.32. The van der Waals surface area contributed by atoms with Gasteiger partial charge in [-0.3, -0.25) is 0 Å². The predicted octanol–water partition coefficient (Wildman–Crippen LogP) is 1.89. The normalized spacial score (nSPS) is 13.0. The van der Waals surface area contributed by atoms with Crippen molar-refractivity contribution in [3.05, 3.63) is 16.4 Å². The van der Waals surface area contributed by atoms with Gasteiger partial charge in [0.1, 0.15) is 6.10 Å². The maximum Gasteiger partial charge on any atom is 0.227 e. The first-order valence-corrected chi connectivity index (χ1v) is 3.99. The van der Waals surface area contributed by atoms with Crippen molar-refractivity contribution in [3.8, 4) is 0 Å². The van der Waals surface area contributed by atoms with Gasteiger partial charge in [0.15, 0.2) is 5.82 Å². The average molecular weight is 208 g/mol. The van der Waals surface area contributed by atoms with Crippen molar-refractivity contribution in [1.29, 1.82) is 0 Å². The molecule has 0 aliphatic rings. The Kier molecular flexibility index (Phi) is 3.20. The van der Waals surface area contributed by atoms with E-state index < -0.39 is 0 Å². The van der Waals surface area contributed by atoms with Crippen LogP contribution in [0.3, 0.4) is 0 Å². The highest BCUT2D eigenvalue weighted by Gasteiger charge is 2.09. The Labute approximate surface area is 79.9 Å². The lowest BCUT2D eigenvalue weighted by Gasteiger charge is -2.06. The number of rotatable bonds is 2. The number of aromatic nitrogens is 3. The summed E-state index contributed by atoms with van der Waals surface area (Å²) in [7, 11) is 1.55. The molecule has 0 bridgehead atoms. The quantitative estimate of drug-likeness (QED) is 0.744. The van der Waals surface area contributed by atoms with Gasteiger partial charge in [0, 0.05) is 7.11 Å². The Morgan fingerprint density at radius 2 is 1.67 bits per heavy atom. The minimum Gasteiger partial charge on any atom is -0.374 e. The van der Waals surface area contributed by atoms with Gasteiger partial charge in [-0.1, -0.05) is 0 Å². The van der Waals surface area contributed by atoms with Crippen molar-refractivity contribution in [3.63, 3.8) is 0 Å². The second-order valence-electron chi connectivity index (χ2n) is 2.11. The maximum absolute atomic E-state index is 5.55. The lowest BCUT2D eigenvalue weighted by Crippen LogP contribution is -2.04. The van der Waals surface area contributed by atoms with Gasteiger partial charge in [0.2, 0.25) is 10.6 Å². The fourth-order valence-electron chi connectivity index (χ4n) is 0.627. The summed E-state index contributed by atoms with van der Waals surface area (Å²) in [5.74, 6) is 0.433. The molecule has 0 amide bonds. The van der Waals surface area contributed by atoms with Gasteiger partial charge in [-0.2, -0.15) is 15.0 Å². The SMILES string of the molecule is COC(C)c1nc(Cl)nc(Cl)n1. The lowest BCUT2D eigenvalue weighted by atomic mass is 10.4. The predicted molar refractivity (Wildman–Crippen MR) is 45.3 cm³/mol. The summed E-state index contributed by atoms with van der Waals surface area (Å²) in [5, 5.41) is 0.155. The van der Waals surface area contributed by atoms with Gasteiger partial charge in [0.05, 0.1) is 0 Å². The first kappa shape index (κ1) is 9.64. The van der Waals surface area contributed by atoms with Crippen LogP contribution in [-0.4, -0.2) is 22.1 Å². The zero-order valence-electron chi connectivity index (χ0n) is 6.58. The van der Waals surface area contributed by atoms with E-state index in [1.54, 1.807) is 14.0 Å². The van der Waals surface area contributed by atoms with Gasteiger partial charge in [-0.15, -0.1) is 0 Å². The molecule has 0 aliphatic heterocycles. The summed E-state index contributed by atoms with van der Waals surface area (Å²) in [5.41, 5.74) is 0. The first-order valence-electron chi connectivity index (χ1n) is 3.23. The van der Waals surface area contributed by atoms with E-state index in [0.29, 0.717) is 5.82 Å². The Hall–Kier alpha value is -0.450. The van der Waals surface area contributed by atoms with E-state index in [0.717, 1.165) is 0 Å². The summed E-state index contributed by atoms with van der Waals surface area (Å²) in [4.78, 5) is 11.3. The molecule has 0 spiro atoms. The summed E-state index contributed by atoms with van der Waals surface area (Å²) < 4.78 is 4.98. The number of nitrogens with zero attached hydrogens (tertiary/aromatic N) is 3. The van der Waals surface area contributed by atoms with Crippen LogP contribution in [0.15, 0.2) is 0 Å². The Morgan fingerprint density at radius 1 is 1.17 bits per heavy atom. The van der Waals surface area contributed by atoms with Crippen LogP contribution >= 0.6 is 23.2 Å². The molecule has 1 aromatic heterocycles. The number of halogens is 2. The van der Waals surface area contributed by atoms with E-state index in [1.807, 2.05) is 0 Å². The zero-order valence-corrected chi connectivity index (χ0v) is 8.10. The molecule has 6 heteroatoms. The van der Waals surface area contributed by atoms with E-state index in [9.17, 15) is 0 Å². The molecule has 1 unspecified atom stereocenters. The molecule has 0 fully saturated rings. The standard InChI is InChI=1S/C6H7Cl2N3O/c1-3(12-2)4-9-5(7)11-6(8)10-4/h3H,1-2H3. The summed E-state index contributed by atoms with van der Waals surface area (Å²) in [6.45, 7) is 1.79. The molecule has 1 atom stereocenters. The molecule has 0 saturated carbocycles. The van der Waals surface area contributed by atoms with Crippen LogP contribution in [0.1, 0.15) is 18.9 Å². The molecular formula is C6H7Cl2N3O. The summed E-state index contributed by atoms with van der Waals surface area (Å²) in [6.07, 6.45) is -0.233. The van der Waals surface area contributed by atoms with Crippen LogP contribution in [0.5, 0.6) is 0 Å². The zero-order chi connectivity index (χ0) is 9.14. The molecule has 0 radical (unpaired) electrons. The minimum absolute atomic E-state index is 0.0777. The van der Waals surface area contributed by atoms with Crippen molar-refractivity contribution in [2.75, 3.05) is 7.11 Å².